The summed E-state index contributed by atoms with van der Waals surface area (Å²) < 4.78 is 0. The molecular weight excluding hydrogens is 296 g/mol. The van der Waals surface area contributed by atoms with Gasteiger partial charge < -0.3 is 20.8 Å². The van der Waals surface area contributed by atoms with E-state index >= 15 is 0 Å². The molecule has 1 saturated carbocycles. The van der Waals surface area contributed by atoms with Crippen molar-refractivity contribution in [3.05, 3.63) is 35.0 Å². The lowest BCUT2D eigenvalue weighted by Gasteiger charge is -2.28. The van der Waals surface area contributed by atoms with Crippen molar-refractivity contribution >= 4 is 18.0 Å². The van der Waals surface area contributed by atoms with Crippen molar-refractivity contribution in [1.29, 1.82) is 0 Å². The zero-order chi connectivity index (χ0) is 16.4. The zero-order valence-electron chi connectivity index (χ0n) is 12.7. The van der Waals surface area contributed by atoms with Crippen molar-refractivity contribution in [2.24, 2.45) is 5.92 Å². The number of phenolic OH excluding ortho intramolecular Hbond substituents is 1. The molecule has 0 spiro atoms. The Labute approximate surface area is 134 Å². The average molecular weight is 316 g/mol. The van der Waals surface area contributed by atoms with Gasteiger partial charge in [0.05, 0.1) is 5.92 Å². The van der Waals surface area contributed by atoms with Crippen LogP contribution >= 0.6 is 0 Å². The molecule has 6 heteroatoms. The molecule has 1 fully saturated rings. The van der Waals surface area contributed by atoms with Gasteiger partial charge in [-0.3, -0.25) is 9.59 Å². The number of aliphatic carboxylic acids is 1. The molecule has 6 nitrogen and oxygen atoms in total. The Morgan fingerprint density at radius 1 is 1.17 bits per heavy atom. The monoisotopic (exact) mass is 316 g/mol. The van der Waals surface area contributed by atoms with E-state index in [1.807, 2.05) is 6.07 Å². The summed E-state index contributed by atoms with van der Waals surface area (Å²) in [5.41, 5.74) is 2.10. The highest BCUT2D eigenvalue weighted by atomic mass is 16.4. The summed E-state index contributed by atoms with van der Waals surface area (Å²) in [4.78, 5) is 23.3. The fourth-order valence-electron chi connectivity index (χ4n) is 3.20. The summed E-state index contributed by atoms with van der Waals surface area (Å²) in [7, 11) is 0. The Morgan fingerprint density at radius 2 is 1.91 bits per heavy atom. The molecule has 2 aliphatic rings. The van der Waals surface area contributed by atoms with E-state index in [1.165, 1.54) is 0 Å². The number of carbonyl (C=O) groups excluding carboxylic acids is 1. The van der Waals surface area contributed by atoms with Crippen LogP contribution in [0.1, 0.15) is 36.8 Å². The Kier molecular flexibility index (Phi) is 4.23. The lowest BCUT2D eigenvalue weighted by Crippen LogP contribution is -2.42. The fourth-order valence-corrected chi connectivity index (χ4v) is 3.20. The molecule has 1 aromatic rings. The van der Waals surface area contributed by atoms with E-state index < -0.39 is 5.97 Å². The Balaban J connectivity index is 1.63. The maximum Gasteiger partial charge on any atom is 0.306 e. The smallest absolute Gasteiger partial charge is 0.306 e. The van der Waals surface area contributed by atoms with Crippen molar-refractivity contribution in [3.63, 3.8) is 0 Å². The van der Waals surface area contributed by atoms with Gasteiger partial charge in [0.15, 0.2) is 0 Å². The highest BCUT2D eigenvalue weighted by Crippen LogP contribution is 2.27. The van der Waals surface area contributed by atoms with E-state index in [9.17, 15) is 14.7 Å². The van der Waals surface area contributed by atoms with Crippen molar-refractivity contribution in [2.75, 3.05) is 0 Å². The van der Waals surface area contributed by atoms with Crippen molar-refractivity contribution < 1.29 is 19.8 Å². The third kappa shape index (κ3) is 3.31. The van der Waals surface area contributed by atoms with Gasteiger partial charge in [0, 0.05) is 18.2 Å². The number of amides is 1. The number of benzene rings is 1. The number of rotatable bonds is 3. The third-order valence-electron chi connectivity index (χ3n) is 4.60. The summed E-state index contributed by atoms with van der Waals surface area (Å²) >= 11 is 0. The van der Waals surface area contributed by atoms with Gasteiger partial charge in [-0.1, -0.05) is 12.1 Å². The molecule has 3 rings (SSSR count). The van der Waals surface area contributed by atoms with Gasteiger partial charge in [0.25, 0.3) is 5.91 Å². The lowest BCUT2D eigenvalue weighted by atomic mass is 9.86. The molecule has 0 saturated heterocycles. The minimum absolute atomic E-state index is 0.0198. The molecule has 1 aliphatic heterocycles. The van der Waals surface area contributed by atoms with Crippen LogP contribution in [0.3, 0.4) is 0 Å². The van der Waals surface area contributed by atoms with Gasteiger partial charge >= 0.3 is 5.97 Å². The number of fused-ring (bicyclic) bond motifs is 1. The van der Waals surface area contributed by atoms with Gasteiger partial charge in [0.1, 0.15) is 11.4 Å². The van der Waals surface area contributed by atoms with Crippen LogP contribution in [0.5, 0.6) is 5.75 Å². The van der Waals surface area contributed by atoms with Gasteiger partial charge in [-0.2, -0.15) is 0 Å². The maximum absolute atomic E-state index is 12.4. The van der Waals surface area contributed by atoms with Crippen LogP contribution in [0, 0.1) is 5.92 Å². The number of nitrogens with one attached hydrogen (secondary N) is 2. The lowest BCUT2D eigenvalue weighted by molar-refractivity contribution is -0.142. The summed E-state index contributed by atoms with van der Waals surface area (Å²) in [5.74, 6) is -0.997. The van der Waals surface area contributed by atoms with E-state index in [4.69, 9.17) is 5.11 Å². The quantitative estimate of drug-likeness (QED) is 0.679. The number of carboxylic acids is 1. The molecule has 1 aromatic carbocycles. The Morgan fingerprint density at radius 3 is 2.61 bits per heavy atom. The number of hydrogen-bond acceptors (Lipinski definition) is 4. The minimum atomic E-state index is -0.747. The van der Waals surface area contributed by atoms with E-state index in [2.05, 4.69) is 10.6 Å². The van der Waals surface area contributed by atoms with Crippen LogP contribution in [-0.4, -0.2) is 28.1 Å². The number of aromatic hydroxyl groups is 1. The second kappa shape index (κ2) is 6.32. The van der Waals surface area contributed by atoms with E-state index in [0.29, 0.717) is 37.9 Å². The maximum atomic E-state index is 12.4. The predicted molar refractivity (Wildman–Crippen MR) is 84.4 cm³/mol. The number of hydrogen-bond donors (Lipinski definition) is 4. The first-order valence-electron chi connectivity index (χ1n) is 7.84. The first-order valence-corrected chi connectivity index (χ1v) is 7.84. The molecule has 0 unspecified atom stereocenters. The van der Waals surface area contributed by atoms with E-state index in [-0.39, 0.29) is 23.6 Å². The zero-order valence-corrected chi connectivity index (χ0v) is 12.7. The summed E-state index contributed by atoms with van der Waals surface area (Å²) in [6, 6.07) is 5.26. The average Bonchev–Trinajstić information content (AvgIpc) is 2.55. The minimum Gasteiger partial charge on any atom is -0.508 e. The van der Waals surface area contributed by atoms with Crippen LogP contribution in [0.25, 0.3) is 6.08 Å². The number of carboxylic acid groups (broad SMARTS) is 1. The number of phenols is 1. The molecule has 0 radical (unpaired) electrons. The second-order valence-electron chi connectivity index (χ2n) is 6.12. The normalized spacial score (nSPS) is 23.2. The first kappa shape index (κ1) is 15.4. The highest BCUT2D eigenvalue weighted by Gasteiger charge is 2.27. The summed E-state index contributed by atoms with van der Waals surface area (Å²) in [6.45, 7) is 0.410. The largest absolute Gasteiger partial charge is 0.508 e. The second-order valence-corrected chi connectivity index (χ2v) is 6.12. The van der Waals surface area contributed by atoms with Crippen LogP contribution in [-0.2, 0) is 16.1 Å². The van der Waals surface area contributed by atoms with Gasteiger partial charge in [-0.05, 0) is 43.4 Å². The van der Waals surface area contributed by atoms with Crippen LogP contribution in [0.15, 0.2) is 23.9 Å². The Hall–Kier alpha value is -2.50. The molecule has 23 heavy (non-hydrogen) atoms. The van der Waals surface area contributed by atoms with E-state index in [1.54, 1.807) is 18.2 Å². The first-order chi connectivity index (χ1) is 11.0. The highest BCUT2D eigenvalue weighted by molar-refractivity contribution is 5.98. The van der Waals surface area contributed by atoms with Gasteiger partial charge in [0.2, 0.25) is 0 Å². The van der Waals surface area contributed by atoms with Crippen molar-refractivity contribution in [3.8, 4) is 5.75 Å². The standard InChI is InChI=1S/C17H20N2O4/c20-15-3-1-2-11-8-14(18-9-13(11)15)16(21)19-12-6-4-10(5-7-12)17(22)23/h1-3,8,10,12,18,20H,4-7,9H2,(H,19,21)(H,22,23)/t10-,12-. The third-order valence-corrected chi connectivity index (χ3v) is 4.60. The van der Waals surface area contributed by atoms with Crippen molar-refractivity contribution in [1.82, 2.24) is 10.6 Å². The van der Waals surface area contributed by atoms with Gasteiger partial charge in [-0.15, -0.1) is 0 Å². The van der Waals surface area contributed by atoms with Crippen LogP contribution < -0.4 is 10.6 Å². The molecule has 122 valence electrons. The van der Waals surface area contributed by atoms with Crippen LogP contribution in [0.2, 0.25) is 0 Å². The molecule has 0 bridgehead atoms. The molecule has 4 N–H and O–H groups in total. The molecule has 0 atom stereocenters. The molecule has 0 aromatic heterocycles. The molecule has 1 heterocycles. The fraction of sp³-hybridized carbons (Fsp3) is 0.412. The topological polar surface area (TPSA) is 98.7 Å². The summed E-state index contributed by atoms with van der Waals surface area (Å²) in [6.07, 6.45) is 4.31. The predicted octanol–water partition coefficient (Wildman–Crippen LogP) is 1.60. The number of carbonyl (C=O) groups is 2. The Bertz CT molecular complexity index is 661. The van der Waals surface area contributed by atoms with Crippen molar-refractivity contribution in [2.45, 2.75) is 38.3 Å². The summed E-state index contributed by atoms with van der Waals surface area (Å²) in [5, 5.41) is 24.8. The molecule has 1 aliphatic carbocycles. The van der Waals surface area contributed by atoms with Gasteiger partial charge in [-0.25, -0.2) is 0 Å². The molecule has 1 amide bonds. The SMILES string of the molecule is O=C(N[C@H]1CC[C@H](C(=O)O)CC1)C1=Cc2cccc(O)c2CN1. The molecular formula is C17H20N2O4. The van der Waals surface area contributed by atoms with E-state index in [0.717, 1.165) is 11.1 Å². The van der Waals surface area contributed by atoms with Crippen LogP contribution in [0.4, 0.5) is 0 Å².